The van der Waals surface area contributed by atoms with Crippen LogP contribution in [0.4, 0.5) is 0 Å². The van der Waals surface area contributed by atoms with Crippen molar-refractivity contribution in [3.63, 3.8) is 0 Å². The second kappa shape index (κ2) is 11.2. The normalized spacial score (nSPS) is 14.7. The van der Waals surface area contributed by atoms with Gasteiger partial charge in [-0.1, -0.05) is 121 Å². The van der Waals surface area contributed by atoms with Gasteiger partial charge >= 0.3 is 0 Å². The van der Waals surface area contributed by atoms with Gasteiger partial charge in [-0.3, -0.25) is 4.98 Å². The summed E-state index contributed by atoms with van der Waals surface area (Å²) < 4.78 is 12.5. The van der Waals surface area contributed by atoms with Crippen molar-refractivity contribution in [2.24, 2.45) is 9.98 Å². The summed E-state index contributed by atoms with van der Waals surface area (Å²) in [7, 11) is 0. The lowest BCUT2D eigenvalue weighted by molar-refractivity contribution is 0.667. The van der Waals surface area contributed by atoms with E-state index in [1.54, 1.807) is 6.20 Å². The minimum Gasteiger partial charge on any atom is -0.456 e. The van der Waals surface area contributed by atoms with Gasteiger partial charge in [0.15, 0.2) is 11.7 Å². The van der Waals surface area contributed by atoms with Crippen LogP contribution >= 0.6 is 0 Å². The van der Waals surface area contributed by atoms with Crippen molar-refractivity contribution in [1.82, 2.24) is 10.3 Å². The van der Waals surface area contributed by atoms with Gasteiger partial charge < -0.3 is 14.2 Å². The Morgan fingerprint density at radius 3 is 2.00 bits per heavy atom. The molecule has 0 saturated heterocycles. The number of para-hydroxylation sites is 2. The number of nitrogens with zero attached hydrogens (tertiary/aromatic N) is 3. The lowest BCUT2D eigenvalue weighted by atomic mass is 9.91. The molecule has 0 bridgehead atoms. The number of rotatable bonds is 4. The van der Waals surface area contributed by atoms with Crippen LogP contribution in [0.5, 0.6) is 0 Å². The topological polar surface area (TPSA) is 75.9 Å². The number of hydrogen-bond acceptors (Lipinski definition) is 6. The van der Waals surface area contributed by atoms with Crippen LogP contribution in [0.2, 0.25) is 0 Å². The summed E-state index contributed by atoms with van der Waals surface area (Å²) in [6.07, 6.45) is 1.33. The highest BCUT2D eigenvalue weighted by atomic mass is 16.3. The number of furan rings is 2. The quantitative estimate of drug-likeness (QED) is 0.202. The lowest BCUT2D eigenvalue weighted by Crippen LogP contribution is -2.34. The van der Waals surface area contributed by atoms with Crippen molar-refractivity contribution < 1.29 is 8.83 Å². The van der Waals surface area contributed by atoms with E-state index in [-0.39, 0.29) is 0 Å². The molecule has 1 atom stereocenters. The zero-order valence-electron chi connectivity index (χ0n) is 27.7. The number of amidine groups is 2. The van der Waals surface area contributed by atoms with Crippen molar-refractivity contribution in [2.45, 2.75) is 6.17 Å². The maximum atomic E-state index is 6.28. The summed E-state index contributed by atoms with van der Waals surface area (Å²) in [5.74, 6) is 1.28. The van der Waals surface area contributed by atoms with Crippen LogP contribution in [0.3, 0.4) is 0 Å². The number of benzene rings is 7. The highest BCUT2D eigenvalue weighted by Gasteiger charge is 2.27. The Balaban J connectivity index is 1.12. The van der Waals surface area contributed by atoms with Gasteiger partial charge in [-0.25, -0.2) is 9.98 Å². The lowest BCUT2D eigenvalue weighted by Gasteiger charge is -2.25. The van der Waals surface area contributed by atoms with Gasteiger partial charge in [0, 0.05) is 33.5 Å². The van der Waals surface area contributed by atoms with Crippen LogP contribution in [0.15, 0.2) is 177 Å². The largest absolute Gasteiger partial charge is 0.456 e. The zero-order chi connectivity index (χ0) is 34.2. The van der Waals surface area contributed by atoms with Gasteiger partial charge in [-0.2, -0.15) is 0 Å². The Labute approximate surface area is 297 Å². The third kappa shape index (κ3) is 4.41. The third-order valence-electron chi connectivity index (χ3n) is 10.2. The minimum atomic E-state index is -0.450. The fraction of sp³-hybridized carbons (Fsp3) is 0.0217. The maximum absolute atomic E-state index is 6.28. The summed E-state index contributed by atoms with van der Waals surface area (Å²) >= 11 is 0. The van der Waals surface area contributed by atoms with E-state index in [0.29, 0.717) is 11.7 Å². The van der Waals surface area contributed by atoms with E-state index < -0.39 is 6.17 Å². The molecule has 6 heteroatoms. The van der Waals surface area contributed by atoms with Crippen LogP contribution in [0.1, 0.15) is 23.0 Å². The molecule has 1 aliphatic rings. The molecule has 1 N–H and O–H groups in total. The van der Waals surface area contributed by atoms with Gasteiger partial charge in [0.1, 0.15) is 34.2 Å². The van der Waals surface area contributed by atoms with Crippen molar-refractivity contribution in [2.75, 3.05) is 0 Å². The Morgan fingerprint density at radius 1 is 0.500 bits per heavy atom. The molecule has 1 unspecified atom stereocenters. The first-order chi connectivity index (χ1) is 25.8. The minimum absolute atomic E-state index is 0.450. The first kappa shape index (κ1) is 28.8. The Morgan fingerprint density at radius 2 is 1.17 bits per heavy atom. The highest BCUT2D eigenvalue weighted by molar-refractivity contribution is 6.21. The molecule has 1 aliphatic heterocycles. The Kier molecular flexibility index (Phi) is 6.21. The van der Waals surface area contributed by atoms with Gasteiger partial charge in [0.25, 0.3) is 0 Å². The fourth-order valence-corrected chi connectivity index (χ4v) is 7.83. The van der Waals surface area contributed by atoms with E-state index in [1.165, 1.54) is 5.39 Å². The SMILES string of the molecule is c1ccc2cc(C3=NC(c4ccc(-c5cccc6oc7ccccc7c56)c5ccccc45)NC(c4nccc5oc6ccccc6c45)=N3)ccc2c1. The molecule has 0 amide bonds. The summed E-state index contributed by atoms with van der Waals surface area (Å²) in [6, 6.07) is 52.3. The number of nitrogens with one attached hydrogen (secondary N) is 1. The van der Waals surface area contributed by atoms with Crippen LogP contribution in [0, 0.1) is 0 Å². The average molecular weight is 669 g/mol. The van der Waals surface area contributed by atoms with E-state index in [2.05, 4.69) is 115 Å². The molecule has 11 rings (SSSR count). The molecule has 0 saturated carbocycles. The maximum Gasteiger partial charge on any atom is 0.159 e. The van der Waals surface area contributed by atoms with E-state index in [1.807, 2.05) is 42.5 Å². The van der Waals surface area contributed by atoms with E-state index in [0.717, 1.165) is 88.0 Å². The molecule has 0 spiro atoms. The fourth-order valence-electron chi connectivity index (χ4n) is 7.83. The van der Waals surface area contributed by atoms with Gasteiger partial charge in [0.2, 0.25) is 0 Å². The summed E-state index contributed by atoms with van der Waals surface area (Å²) in [4.78, 5) is 15.4. The van der Waals surface area contributed by atoms with E-state index in [4.69, 9.17) is 23.8 Å². The molecule has 244 valence electrons. The summed E-state index contributed by atoms with van der Waals surface area (Å²) in [5.41, 5.74) is 8.30. The average Bonchev–Trinajstić information content (AvgIpc) is 3.79. The molecule has 0 aliphatic carbocycles. The van der Waals surface area contributed by atoms with Crippen LogP contribution in [-0.4, -0.2) is 16.7 Å². The van der Waals surface area contributed by atoms with Crippen molar-refractivity contribution in [3.05, 3.63) is 175 Å². The second-order valence-corrected chi connectivity index (χ2v) is 13.2. The second-order valence-electron chi connectivity index (χ2n) is 13.2. The first-order valence-corrected chi connectivity index (χ1v) is 17.4. The van der Waals surface area contributed by atoms with Crippen LogP contribution in [0.25, 0.3) is 76.5 Å². The van der Waals surface area contributed by atoms with Crippen LogP contribution < -0.4 is 5.32 Å². The first-order valence-electron chi connectivity index (χ1n) is 17.4. The summed E-state index contributed by atoms with van der Waals surface area (Å²) in [6.45, 7) is 0. The summed E-state index contributed by atoms with van der Waals surface area (Å²) in [5, 5.41) is 12.4. The predicted molar refractivity (Wildman–Crippen MR) is 211 cm³/mol. The molecular formula is C46H28N4O2. The van der Waals surface area contributed by atoms with Crippen molar-refractivity contribution >= 4 is 77.1 Å². The monoisotopic (exact) mass is 668 g/mol. The Hall–Kier alpha value is -7.05. The number of fused-ring (bicyclic) bond motifs is 8. The van der Waals surface area contributed by atoms with Gasteiger partial charge in [-0.05, 0) is 63.0 Å². The molecule has 4 heterocycles. The molecule has 10 aromatic rings. The molecule has 6 nitrogen and oxygen atoms in total. The molecule has 7 aromatic carbocycles. The van der Waals surface area contributed by atoms with Crippen LogP contribution in [-0.2, 0) is 0 Å². The number of pyridine rings is 1. The number of aliphatic imine (C=N–C) groups is 2. The highest BCUT2D eigenvalue weighted by Crippen LogP contribution is 2.41. The molecule has 0 radical (unpaired) electrons. The molecule has 0 fully saturated rings. The number of aromatic nitrogens is 1. The predicted octanol–water partition coefficient (Wildman–Crippen LogP) is 11.3. The van der Waals surface area contributed by atoms with Gasteiger partial charge in [0.05, 0.1) is 5.39 Å². The molecule has 52 heavy (non-hydrogen) atoms. The Bertz CT molecular complexity index is 3130. The smallest absolute Gasteiger partial charge is 0.159 e. The van der Waals surface area contributed by atoms with Crippen molar-refractivity contribution in [3.8, 4) is 11.1 Å². The zero-order valence-corrected chi connectivity index (χ0v) is 27.7. The van der Waals surface area contributed by atoms with Crippen molar-refractivity contribution in [1.29, 1.82) is 0 Å². The van der Waals surface area contributed by atoms with E-state index in [9.17, 15) is 0 Å². The standard InChI is InChI=1S/C46H28N4O2/c1-2-11-28-26-29(21-20-27(28)10-1)44-48-45(50-46(49-44)43-42-36-15-6-8-18-38(36)52-40(42)24-25-47-43)34-23-22-32(30-12-3-4-13-31(30)34)33-16-9-19-39-41(33)35-14-5-7-17-37(35)51-39/h1-26,45H,(H,48,49,50). The molecular weight excluding hydrogens is 641 g/mol. The molecule has 3 aromatic heterocycles. The van der Waals surface area contributed by atoms with E-state index >= 15 is 0 Å². The number of hydrogen-bond donors (Lipinski definition) is 1. The third-order valence-corrected chi connectivity index (χ3v) is 10.2. The van der Waals surface area contributed by atoms with Gasteiger partial charge in [-0.15, -0.1) is 0 Å².